The molecule has 6 nitrogen and oxygen atoms in total. The molecule has 6 heteroatoms. The molecule has 0 heterocycles. The van der Waals surface area contributed by atoms with Gasteiger partial charge in [-0.05, 0) is 160 Å². The second-order valence-corrected chi connectivity index (χ2v) is 20.7. The smallest absolute Gasteiger partial charge is 0.309 e. The number of aliphatic hydroxyl groups excluding tert-OH is 2. The minimum absolute atomic E-state index is 0.454. The van der Waals surface area contributed by atoms with E-state index in [9.17, 15) is 30.0 Å². The van der Waals surface area contributed by atoms with E-state index in [0.29, 0.717) is 73.0 Å². The van der Waals surface area contributed by atoms with Crippen molar-refractivity contribution in [2.24, 2.45) is 94.7 Å². The first-order chi connectivity index (χ1) is 25.8. The number of carboxylic acid groups (broad SMARTS) is 2. The summed E-state index contributed by atoms with van der Waals surface area (Å²) in [5.41, 5.74) is 0. The van der Waals surface area contributed by atoms with E-state index >= 15 is 0 Å². The van der Waals surface area contributed by atoms with Gasteiger partial charge >= 0.3 is 11.9 Å². The van der Waals surface area contributed by atoms with Gasteiger partial charge in [0.1, 0.15) is 0 Å². The van der Waals surface area contributed by atoms with Crippen LogP contribution in [0.5, 0.6) is 0 Å². The average molecular weight is 757 g/mol. The molecule has 0 aromatic rings. The van der Waals surface area contributed by atoms with Gasteiger partial charge in [0.05, 0.1) is 24.0 Å². The molecule has 4 N–H and O–H groups in total. The third-order valence-electron chi connectivity index (χ3n) is 17.4. The second kappa shape index (κ2) is 20.5. The summed E-state index contributed by atoms with van der Waals surface area (Å²) in [7, 11) is 0. The number of aliphatic hydroxyl groups is 2. The van der Waals surface area contributed by atoms with Gasteiger partial charge < -0.3 is 20.4 Å². The Balaban J connectivity index is 1.32. The highest BCUT2D eigenvalue weighted by molar-refractivity contribution is 5.71. The lowest BCUT2D eigenvalue weighted by Crippen LogP contribution is -2.47. The molecule has 0 bridgehead atoms. The lowest BCUT2D eigenvalue weighted by molar-refractivity contribution is -0.150. The van der Waals surface area contributed by atoms with E-state index in [2.05, 4.69) is 41.5 Å². The zero-order chi connectivity index (χ0) is 39.1. The molecule has 5 aliphatic rings. The summed E-state index contributed by atoms with van der Waals surface area (Å²) < 4.78 is 0. The van der Waals surface area contributed by atoms with Crippen LogP contribution in [0.15, 0.2) is 0 Å². The standard InChI is InChI=1S/C48H84O6/c1-7-9-11-13-15-33-25-44(42-24-30(4)40(22-32(42)6)36-18-20-38(48(53)54)46(50)28-36)34(16-14-12-10-8-2)26-43(33)41-23-29(3)39(21-31(41)5)35-17-19-37(47(51)52)45(49)27-35/h29-46,49-50H,7-28H2,1-6H3,(H,51,52)(H,53,54). The molecule has 5 rings (SSSR count). The summed E-state index contributed by atoms with van der Waals surface area (Å²) in [6, 6.07) is 0. The van der Waals surface area contributed by atoms with Crippen molar-refractivity contribution in [2.75, 3.05) is 0 Å². The van der Waals surface area contributed by atoms with Gasteiger partial charge in [-0.3, -0.25) is 9.59 Å². The molecule has 5 aliphatic carbocycles. The Morgan fingerprint density at radius 1 is 0.444 bits per heavy atom. The molecule has 0 aliphatic heterocycles. The van der Waals surface area contributed by atoms with Gasteiger partial charge in [-0.15, -0.1) is 0 Å². The predicted octanol–water partition coefficient (Wildman–Crippen LogP) is 11.5. The van der Waals surface area contributed by atoms with Crippen LogP contribution >= 0.6 is 0 Å². The first-order valence-corrected chi connectivity index (χ1v) is 23.7. The molecule has 0 aromatic heterocycles. The van der Waals surface area contributed by atoms with E-state index in [1.807, 2.05) is 0 Å². The van der Waals surface area contributed by atoms with Crippen LogP contribution in [0.4, 0.5) is 0 Å². The molecule has 0 saturated heterocycles. The number of carboxylic acids is 2. The topological polar surface area (TPSA) is 115 Å². The van der Waals surface area contributed by atoms with Gasteiger partial charge in [0.15, 0.2) is 0 Å². The van der Waals surface area contributed by atoms with Crippen molar-refractivity contribution in [1.29, 1.82) is 0 Å². The summed E-state index contributed by atoms with van der Waals surface area (Å²) >= 11 is 0. The van der Waals surface area contributed by atoms with Crippen LogP contribution in [0, 0.1) is 94.7 Å². The van der Waals surface area contributed by atoms with Crippen LogP contribution in [0.1, 0.15) is 183 Å². The summed E-state index contributed by atoms with van der Waals surface area (Å²) in [6.07, 6.45) is 24.5. The Hall–Kier alpha value is -1.14. The van der Waals surface area contributed by atoms with Crippen LogP contribution in [0.3, 0.4) is 0 Å². The number of hydrogen-bond donors (Lipinski definition) is 4. The van der Waals surface area contributed by atoms with Crippen molar-refractivity contribution in [3.63, 3.8) is 0 Å². The minimum Gasteiger partial charge on any atom is -0.481 e. The molecule has 5 saturated carbocycles. The van der Waals surface area contributed by atoms with Crippen molar-refractivity contribution >= 4 is 11.9 Å². The molecule has 312 valence electrons. The maximum atomic E-state index is 11.7. The van der Waals surface area contributed by atoms with Gasteiger partial charge in [-0.1, -0.05) is 106 Å². The monoisotopic (exact) mass is 757 g/mol. The van der Waals surface area contributed by atoms with Crippen molar-refractivity contribution < 1.29 is 30.0 Å². The van der Waals surface area contributed by atoms with E-state index < -0.39 is 36.0 Å². The fourth-order valence-electron chi connectivity index (χ4n) is 14.4. The predicted molar refractivity (Wildman–Crippen MR) is 219 cm³/mol. The van der Waals surface area contributed by atoms with Crippen molar-refractivity contribution in [3.8, 4) is 0 Å². The van der Waals surface area contributed by atoms with Crippen LogP contribution in [0.2, 0.25) is 0 Å². The molecule has 18 unspecified atom stereocenters. The van der Waals surface area contributed by atoms with Crippen LogP contribution < -0.4 is 0 Å². The Bertz CT molecular complexity index is 1070. The molecule has 5 fully saturated rings. The minimum atomic E-state index is -0.826. The van der Waals surface area contributed by atoms with E-state index in [0.717, 1.165) is 48.3 Å². The van der Waals surface area contributed by atoms with Crippen molar-refractivity contribution in [3.05, 3.63) is 0 Å². The zero-order valence-corrected chi connectivity index (χ0v) is 35.6. The molecular formula is C48H84O6. The summed E-state index contributed by atoms with van der Waals surface area (Å²) in [4.78, 5) is 23.5. The van der Waals surface area contributed by atoms with Gasteiger partial charge in [0.2, 0.25) is 0 Å². The fraction of sp³-hybridized carbons (Fsp3) is 0.958. The number of carbonyl (C=O) groups is 2. The largest absolute Gasteiger partial charge is 0.481 e. The summed E-state index contributed by atoms with van der Waals surface area (Å²) in [6.45, 7) is 14.8. The van der Waals surface area contributed by atoms with E-state index in [4.69, 9.17) is 0 Å². The van der Waals surface area contributed by atoms with Crippen LogP contribution in [0.25, 0.3) is 0 Å². The Kier molecular flexibility index (Phi) is 16.7. The highest BCUT2D eigenvalue weighted by Gasteiger charge is 2.50. The highest BCUT2D eigenvalue weighted by Crippen LogP contribution is 2.58. The maximum absolute atomic E-state index is 11.7. The fourth-order valence-corrected chi connectivity index (χ4v) is 14.4. The molecular weight excluding hydrogens is 673 g/mol. The quantitative estimate of drug-likeness (QED) is 0.117. The average Bonchev–Trinajstić information content (AvgIpc) is 3.13. The number of unbranched alkanes of at least 4 members (excludes halogenated alkanes) is 6. The Morgan fingerprint density at radius 3 is 1.13 bits per heavy atom. The second-order valence-electron chi connectivity index (χ2n) is 20.7. The maximum Gasteiger partial charge on any atom is 0.309 e. The van der Waals surface area contributed by atoms with Crippen LogP contribution in [-0.4, -0.2) is 44.6 Å². The number of aliphatic carboxylic acids is 2. The first kappa shape index (κ1) is 44.0. The van der Waals surface area contributed by atoms with Gasteiger partial charge in [0, 0.05) is 0 Å². The highest BCUT2D eigenvalue weighted by atomic mass is 16.4. The van der Waals surface area contributed by atoms with Crippen molar-refractivity contribution in [1.82, 2.24) is 0 Å². The number of rotatable bonds is 16. The van der Waals surface area contributed by atoms with E-state index in [1.54, 1.807) is 0 Å². The number of hydrogen-bond acceptors (Lipinski definition) is 4. The lowest BCUT2D eigenvalue weighted by atomic mass is 9.51. The van der Waals surface area contributed by atoms with Crippen LogP contribution in [-0.2, 0) is 9.59 Å². The molecule has 0 aromatic carbocycles. The van der Waals surface area contributed by atoms with E-state index in [1.165, 1.54) is 103 Å². The normalized spacial score (nSPS) is 44.8. The molecule has 0 spiro atoms. The van der Waals surface area contributed by atoms with Crippen molar-refractivity contribution in [2.45, 2.75) is 195 Å². The van der Waals surface area contributed by atoms with Gasteiger partial charge in [-0.2, -0.15) is 0 Å². The summed E-state index contributed by atoms with van der Waals surface area (Å²) in [5.74, 6) is 6.68. The molecule has 18 atom stereocenters. The molecule has 0 amide bonds. The third-order valence-corrected chi connectivity index (χ3v) is 17.4. The third kappa shape index (κ3) is 10.7. The first-order valence-electron chi connectivity index (χ1n) is 23.7. The van der Waals surface area contributed by atoms with E-state index in [-0.39, 0.29) is 0 Å². The molecule has 0 radical (unpaired) electrons. The summed E-state index contributed by atoms with van der Waals surface area (Å²) in [5, 5.41) is 40.9. The Labute approximate surface area is 330 Å². The lowest BCUT2D eigenvalue weighted by Gasteiger charge is -2.55. The van der Waals surface area contributed by atoms with Gasteiger partial charge in [-0.25, -0.2) is 0 Å². The zero-order valence-electron chi connectivity index (χ0n) is 35.6. The molecule has 54 heavy (non-hydrogen) atoms. The van der Waals surface area contributed by atoms with Gasteiger partial charge in [0.25, 0.3) is 0 Å². The Morgan fingerprint density at radius 2 is 0.796 bits per heavy atom. The SMILES string of the molecule is CCCCCCC1CC(C2CC(C)C(C3CCC(C(=O)O)C(O)C3)CC2C)C(CCCCCC)CC1C1CC(C)C(C2CCC(C(=O)O)C(O)C2)CC1C.